The molecule has 1 N–H and O–H groups in total. The van der Waals surface area contributed by atoms with E-state index in [4.69, 9.17) is 4.74 Å². The minimum Gasteiger partial charge on any atom is -0.497 e. The van der Waals surface area contributed by atoms with E-state index in [2.05, 4.69) is 17.1 Å². The number of hydrogen-bond donors (Lipinski definition) is 1. The summed E-state index contributed by atoms with van der Waals surface area (Å²) in [5, 5.41) is 2.49. The average Bonchev–Trinajstić information content (AvgIpc) is 2.79. The molecule has 0 saturated carbocycles. The van der Waals surface area contributed by atoms with Gasteiger partial charge in [-0.05, 0) is 62.6 Å². The van der Waals surface area contributed by atoms with E-state index >= 15 is 0 Å². The normalized spacial score (nSPS) is 16.9. The molecule has 1 unspecified atom stereocenters. The van der Waals surface area contributed by atoms with Gasteiger partial charge in [-0.2, -0.15) is 13.2 Å². The summed E-state index contributed by atoms with van der Waals surface area (Å²) in [4.78, 5) is 17.1. The minimum atomic E-state index is -4.55. The topological polar surface area (TPSA) is 44.8 Å². The number of nitrogens with zero attached hydrogens (tertiary/aromatic N) is 2. The van der Waals surface area contributed by atoms with Crippen LogP contribution in [0.4, 0.5) is 23.7 Å². The molecule has 8 heteroatoms. The Balaban J connectivity index is 1.71. The number of para-hydroxylation sites is 1. The number of urea groups is 1. The van der Waals surface area contributed by atoms with Gasteiger partial charge in [-0.15, -0.1) is 0 Å². The van der Waals surface area contributed by atoms with Crippen molar-refractivity contribution >= 4 is 11.7 Å². The van der Waals surface area contributed by atoms with Crippen molar-refractivity contribution in [3.63, 3.8) is 0 Å². The third-order valence-corrected chi connectivity index (χ3v) is 6.11. The number of rotatable bonds is 8. The van der Waals surface area contributed by atoms with Gasteiger partial charge in [0.2, 0.25) is 0 Å². The van der Waals surface area contributed by atoms with Crippen LogP contribution in [-0.4, -0.2) is 48.6 Å². The molecule has 2 amide bonds. The first kappa shape index (κ1) is 24.9. The average molecular weight is 464 g/mol. The lowest BCUT2D eigenvalue weighted by atomic mass is 10.0. The number of amides is 2. The molecule has 0 aliphatic carbocycles. The number of carbonyl (C=O) groups excluding carboxylic acids is 1. The zero-order valence-corrected chi connectivity index (χ0v) is 19.2. The van der Waals surface area contributed by atoms with Gasteiger partial charge < -0.3 is 19.9 Å². The van der Waals surface area contributed by atoms with Crippen LogP contribution in [0.1, 0.15) is 43.7 Å². The van der Waals surface area contributed by atoms with Gasteiger partial charge in [0, 0.05) is 25.7 Å². The monoisotopic (exact) mass is 463 g/mol. The van der Waals surface area contributed by atoms with E-state index in [-0.39, 0.29) is 5.69 Å². The van der Waals surface area contributed by atoms with Crippen molar-refractivity contribution in [3.8, 4) is 5.75 Å². The maximum absolute atomic E-state index is 13.4. The smallest absolute Gasteiger partial charge is 0.418 e. The zero-order chi connectivity index (χ0) is 23.8. The molecular weight excluding hydrogens is 431 g/mol. The van der Waals surface area contributed by atoms with Gasteiger partial charge in [0.25, 0.3) is 0 Å². The largest absolute Gasteiger partial charge is 0.497 e. The van der Waals surface area contributed by atoms with E-state index in [0.29, 0.717) is 24.9 Å². The van der Waals surface area contributed by atoms with Gasteiger partial charge in [0.1, 0.15) is 5.75 Å². The van der Waals surface area contributed by atoms with Gasteiger partial charge >= 0.3 is 12.2 Å². The number of methoxy groups -OCH3 is 1. The Morgan fingerprint density at radius 3 is 2.55 bits per heavy atom. The molecule has 5 nitrogen and oxygen atoms in total. The fourth-order valence-electron chi connectivity index (χ4n) is 4.19. The van der Waals surface area contributed by atoms with Crippen molar-refractivity contribution < 1.29 is 22.7 Å². The molecule has 1 atom stereocenters. The summed E-state index contributed by atoms with van der Waals surface area (Å²) in [6.07, 6.45) is -0.217. The first-order valence-corrected chi connectivity index (χ1v) is 11.4. The number of alkyl halides is 3. The second kappa shape index (κ2) is 11.4. The molecule has 0 spiro atoms. The van der Waals surface area contributed by atoms with E-state index in [1.807, 2.05) is 12.1 Å². The molecule has 180 valence electrons. The van der Waals surface area contributed by atoms with Gasteiger partial charge in [0.05, 0.1) is 18.4 Å². The van der Waals surface area contributed by atoms with Crippen molar-refractivity contribution in [3.05, 3.63) is 59.7 Å². The highest BCUT2D eigenvalue weighted by molar-refractivity contribution is 5.90. The Morgan fingerprint density at radius 2 is 1.88 bits per heavy atom. The fraction of sp³-hybridized carbons (Fsp3) is 0.480. The summed E-state index contributed by atoms with van der Waals surface area (Å²) in [5.74, 6) is 0.702. The molecular formula is C25H32F3N3O2. The van der Waals surface area contributed by atoms with E-state index in [0.717, 1.165) is 31.1 Å². The van der Waals surface area contributed by atoms with Crippen molar-refractivity contribution in [2.45, 2.75) is 51.4 Å². The van der Waals surface area contributed by atoms with Gasteiger partial charge in [-0.25, -0.2) is 4.79 Å². The van der Waals surface area contributed by atoms with E-state index in [9.17, 15) is 18.0 Å². The Hall–Kier alpha value is -2.74. The van der Waals surface area contributed by atoms with E-state index in [1.165, 1.54) is 37.5 Å². The number of anilines is 1. The fourth-order valence-corrected chi connectivity index (χ4v) is 4.19. The summed E-state index contributed by atoms with van der Waals surface area (Å²) in [6.45, 7) is 4.85. The number of hydrogen-bond acceptors (Lipinski definition) is 3. The lowest BCUT2D eigenvalue weighted by Gasteiger charge is -2.34. The minimum absolute atomic E-state index is 0.237. The van der Waals surface area contributed by atoms with Crippen molar-refractivity contribution in [2.24, 2.45) is 0 Å². The van der Waals surface area contributed by atoms with Crippen LogP contribution < -0.4 is 10.1 Å². The van der Waals surface area contributed by atoms with Crippen LogP contribution in [0.3, 0.4) is 0 Å². The summed E-state index contributed by atoms with van der Waals surface area (Å²) in [7, 11) is 1.58. The SMILES string of the molecule is COc1ccc(CN(CCCN2CCCCC2C)C(=O)Nc2ccccc2C(F)(F)F)cc1. The summed E-state index contributed by atoms with van der Waals surface area (Å²) in [6, 6.07) is 12.3. The highest BCUT2D eigenvalue weighted by Gasteiger charge is 2.34. The Kier molecular flexibility index (Phi) is 8.61. The number of ether oxygens (including phenoxy) is 1. The number of likely N-dealkylation sites (tertiary alicyclic amines) is 1. The summed E-state index contributed by atoms with van der Waals surface area (Å²) >= 11 is 0. The second-order valence-corrected chi connectivity index (χ2v) is 8.48. The number of carbonyl (C=O) groups is 1. The number of nitrogens with one attached hydrogen (secondary N) is 1. The molecule has 2 aromatic carbocycles. The lowest BCUT2D eigenvalue weighted by molar-refractivity contribution is -0.136. The zero-order valence-electron chi connectivity index (χ0n) is 19.2. The molecule has 0 radical (unpaired) electrons. The molecule has 33 heavy (non-hydrogen) atoms. The van der Waals surface area contributed by atoms with E-state index in [1.54, 1.807) is 24.1 Å². The van der Waals surface area contributed by atoms with Gasteiger partial charge in [-0.1, -0.05) is 30.7 Å². The molecule has 0 bridgehead atoms. The van der Waals surface area contributed by atoms with Gasteiger partial charge in [0.15, 0.2) is 0 Å². The van der Waals surface area contributed by atoms with Crippen LogP contribution in [0.25, 0.3) is 0 Å². The molecule has 1 fully saturated rings. The predicted molar refractivity (Wildman–Crippen MR) is 123 cm³/mol. The second-order valence-electron chi connectivity index (χ2n) is 8.48. The number of halogens is 3. The highest BCUT2D eigenvalue weighted by atomic mass is 19.4. The summed E-state index contributed by atoms with van der Waals surface area (Å²) < 4.78 is 45.3. The molecule has 3 rings (SSSR count). The molecule has 0 aromatic heterocycles. The van der Waals surface area contributed by atoms with Crippen LogP contribution in [0, 0.1) is 0 Å². The highest BCUT2D eigenvalue weighted by Crippen LogP contribution is 2.34. The van der Waals surface area contributed by atoms with Crippen LogP contribution in [0.2, 0.25) is 0 Å². The van der Waals surface area contributed by atoms with Gasteiger partial charge in [-0.3, -0.25) is 0 Å². The predicted octanol–water partition coefficient (Wildman–Crippen LogP) is 6.01. The van der Waals surface area contributed by atoms with Crippen molar-refractivity contribution in [1.29, 1.82) is 0 Å². The van der Waals surface area contributed by atoms with Crippen molar-refractivity contribution in [2.75, 3.05) is 32.1 Å². The quantitative estimate of drug-likeness (QED) is 0.521. The van der Waals surface area contributed by atoms with Crippen LogP contribution in [0.5, 0.6) is 5.75 Å². The lowest BCUT2D eigenvalue weighted by Crippen LogP contribution is -2.41. The third kappa shape index (κ3) is 7.12. The molecule has 1 aliphatic heterocycles. The molecule has 1 saturated heterocycles. The number of piperidine rings is 1. The standard InChI is InChI=1S/C25H32F3N3O2/c1-19-8-5-6-15-30(19)16-7-17-31(18-20-11-13-21(33-2)14-12-20)24(32)29-23-10-4-3-9-22(23)25(26,27)28/h3-4,9-14,19H,5-8,15-18H2,1-2H3,(H,29,32). The Morgan fingerprint density at radius 1 is 1.15 bits per heavy atom. The maximum atomic E-state index is 13.4. The molecule has 1 heterocycles. The van der Waals surface area contributed by atoms with Crippen molar-refractivity contribution in [1.82, 2.24) is 9.80 Å². The first-order chi connectivity index (χ1) is 15.8. The Labute approximate surface area is 193 Å². The third-order valence-electron chi connectivity index (χ3n) is 6.11. The molecule has 2 aromatic rings. The Bertz CT molecular complexity index is 903. The summed E-state index contributed by atoms with van der Waals surface area (Å²) in [5.41, 5.74) is -0.217. The molecule has 1 aliphatic rings. The number of benzene rings is 2. The first-order valence-electron chi connectivity index (χ1n) is 11.4. The van der Waals surface area contributed by atoms with Crippen LogP contribution in [-0.2, 0) is 12.7 Å². The maximum Gasteiger partial charge on any atom is 0.418 e. The van der Waals surface area contributed by atoms with Crippen LogP contribution in [0.15, 0.2) is 48.5 Å². The van der Waals surface area contributed by atoms with E-state index < -0.39 is 17.8 Å². The van der Waals surface area contributed by atoms with Crippen LogP contribution >= 0.6 is 0 Å².